The van der Waals surface area contributed by atoms with E-state index in [1.807, 2.05) is 72.5 Å². The Kier molecular flexibility index (Phi) is 6.57. The predicted octanol–water partition coefficient (Wildman–Crippen LogP) is 4.67. The molecule has 2 aromatic carbocycles. The van der Waals surface area contributed by atoms with Crippen LogP contribution in [0.2, 0.25) is 0 Å². The topological polar surface area (TPSA) is 80.1 Å². The molecule has 0 unspecified atom stereocenters. The molecular formula is C28H29N5O2. The number of fused-ring (bicyclic) bond motifs is 1. The van der Waals surface area contributed by atoms with Gasteiger partial charge in [-0.3, -0.25) is 9.59 Å². The molecule has 1 fully saturated rings. The van der Waals surface area contributed by atoms with Gasteiger partial charge in [0.2, 0.25) is 0 Å². The second-order valence-electron chi connectivity index (χ2n) is 8.85. The number of rotatable bonds is 6. The molecule has 4 aromatic rings. The molecule has 2 amide bonds. The third-order valence-corrected chi connectivity index (χ3v) is 6.49. The minimum atomic E-state index is -0.196. The third kappa shape index (κ3) is 4.80. The first-order valence-corrected chi connectivity index (χ1v) is 12.2. The summed E-state index contributed by atoms with van der Waals surface area (Å²) in [4.78, 5) is 32.9. The number of aryl methyl sites for hydroxylation is 1. The second-order valence-corrected chi connectivity index (χ2v) is 8.85. The number of aromatic nitrogens is 3. The lowest BCUT2D eigenvalue weighted by molar-refractivity contribution is 0.0724. The number of amides is 2. The maximum atomic E-state index is 13.3. The van der Waals surface area contributed by atoms with Crippen molar-refractivity contribution in [3.8, 4) is 11.3 Å². The zero-order chi connectivity index (χ0) is 24.2. The lowest BCUT2D eigenvalue weighted by Gasteiger charge is -2.26. The van der Waals surface area contributed by atoms with Gasteiger partial charge in [0.15, 0.2) is 5.65 Å². The number of likely N-dealkylation sites (tertiary alicyclic amines) is 1. The van der Waals surface area contributed by atoms with E-state index in [4.69, 9.17) is 4.98 Å². The number of carbonyl (C=O) groups excluding carboxylic acids is 2. The monoisotopic (exact) mass is 467 g/mol. The van der Waals surface area contributed by atoms with Gasteiger partial charge in [-0.15, -0.1) is 0 Å². The largest absolute Gasteiger partial charge is 0.348 e. The average molecular weight is 468 g/mol. The van der Waals surface area contributed by atoms with Gasteiger partial charge in [0, 0.05) is 37.3 Å². The van der Waals surface area contributed by atoms with Crippen LogP contribution in [0.4, 0.5) is 0 Å². The Bertz CT molecular complexity index is 1360. The number of hydrogen-bond acceptors (Lipinski definition) is 4. The normalized spacial score (nSPS) is 13.7. The van der Waals surface area contributed by atoms with Gasteiger partial charge in [-0.05, 0) is 49.9 Å². The number of benzene rings is 2. The molecule has 5 rings (SSSR count). The molecule has 0 radical (unpaired) electrons. The summed E-state index contributed by atoms with van der Waals surface area (Å²) in [6.45, 7) is 4.61. The Labute approximate surface area is 204 Å². The predicted molar refractivity (Wildman–Crippen MR) is 136 cm³/mol. The van der Waals surface area contributed by atoms with Crippen molar-refractivity contribution in [2.45, 2.75) is 39.3 Å². The quantitative estimate of drug-likeness (QED) is 0.447. The highest BCUT2D eigenvalue weighted by molar-refractivity contribution is 6.06. The zero-order valence-corrected chi connectivity index (χ0v) is 19.9. The van der Waals surface area contributed by atoms with E-state index in [1.54, 1.807) is 10.9 Å². The van der Waals surface area contributed by atoms with Crippen LogP contribution in [0.25, 0.3) is 22.3 Å². The summed E-state index contributed by atoms with van der Waals surface area (Å²) >= 11 is 0. The fraction of sp³-hybridized carbons (Fsp3) is 0.286. The molecule has 0 saturated carbocycles. The molecule has 178 valence electrons. The van der Waals surface area contributed by atoms with Gasteiger partial charge in [0.05, 0.1) is 22.8 Å². The van der Waals surface area contributed by atoms with Crippen LogP contribution >= 0.6 is 0 Å². The molecular weight excluding hydrogens is 438 g/mol. The Balaban J connectivity index is 1.38. The average Bonchev–Trinajstić information content (AvgIpc) is 3.35. The molecule has 0 atom stereocenters. The van der Waals surface area contributed by atoms with Gasteiger partial charge in [0.25, 0.3) is 11.8 Å². The fourth-order valence-corrected chi connectivity index (χ4v) is 4.60. The van der Waals surface area contributed by atoms with E-state index in [0.29, 0.717) is 29.9 Å². The van der Waals surface area contributed by atoms with Gasteiger partial charge in [-0.1, -0.05) is 42.5 Å². The van der Waals surface area contributed by atoms with Crippen molar-refractivity contribution in [2.24, 2.45) is 0 Å². The molecule has 0 spiro atoms. The molecule has 1 N–H and O–H groups in total. The zero-order valence-electron chi connectivity index (χ0n) is 19.9. The van der Waals surface area contributed by atoms with E-state index in [1.165, 1.54) is 6.42 Å². The number of piperidine rings is 1. The van der Waals surface area contributed by atoms with Gasteiger partial charge < -0.3 is 10.2 Å². The molecule has 3 heterocycles. The molecule has 0 aliphatic carbocycles. The van der Waals surface area contributed by atoms with E-state index in [-0.39, 0.29) is 11.8 Å². The molecule has 1 aliphatic heterocycles. The summed E-state index contributed by atoms with van der Waals surface area (Å²) in [5, 5.41) is 8.17. The first-order valence-electron chi connectivity index (χ1n) is 12.2. The van der Waals surface area contributed by atoms with Gasteiger partial charge in [-0.25, -0.2) is 9.67 Å². The maximum absolute atomic E-state index is 13.3. The van der Waals surface area contributed by atoms with Crippen molar-refractivity contribution in [2.75, 3.05) is 13.1 Å². The van der Waals surface area contributed by atoms with Crippen LogP contribution < -0.4 is 5.32 Å². The van der Waals surface area contributed by atoms with Crippen molar-refractivity contribution < 1.29 is 9.59 Å². The molecule has 35 heavy (non-hydrogen) atoms. The van der Waals surface area contributed by atoms with Crippen molar-refractivity contribution in [1.29, 1.82) is 0 Å². The standard InChI is InChI=1S/C28H29N5O2/c1-2-33-26-24(19-30-33)23(17-25(31-26)21-11-5-3-6-12-21)27(34)29-18-20-10-9-13-22(16-20)28(35)32-14-7-4-8-15-32/h3,5-6,9-13,16-17,19H,2,4,7-8,14-15,18H2,1H3,(H,29,34). The molecule has 1 aliphatic rings. The van der Waals surface area contributed by atoms with E-state index in [0.717, 1.165) is 48.1 Å². The Hall–Kier alpha value is -4.00. The lowest BCUT2D eigenvalue weighted by atomic mass is 10.1. The Morgan fingerprint density at radius 2 is 1.77 bits per heavy atom. The van der Waals surface area contributed by atoms with Crippen LogP contribution in [0.1, 0.15) is 52.5 Å². The SMILES string of the molecule is CCn1ncc2c(C(=O)NCc3cccc(C(=O)N4CCCCC4)c3)cc(-c3ccccc3)nc21. The summed E-state index contributed by atoms with van der Waals surface area (Å²) in [6.07, 6.45) is 5.00. The first-order chi connectivity index (χ1) is 17.1. The highest BCUT2D eigenvalue weighted by atomic mass is 16.2. The Morgan fingerprint density at radius 1 is 0.971 bits per heavy atom. The second kappa shape index (κ2) is 10.1. The van der Waals surface area contributed by atoms with Crippen LogP contribution in [0.3, 0.4) is 0 Å². The maximum Gasteiger partial charge on any atom is 0.253 e. The van der Waals surface area contributed by atoms with Crippen LogP contribution in [-0.4, -0.2) is 44.6 Å². The first kappa shape index (κ1) is 22.8. The summed E-state index contributed by atoms with van der Waals surface area (Å²) in [5.41, 5.74) is 4.45. The number of hydrogen-bond donors (Lipinski definition) is 1. The van der Waals surface area contributed by atoms with Crippen molar-refractivity contribution in [3.63, 3.8) is 0 Å². The van der Waals surface area contributed by atoms with Gasteiger partial charge in [0.1, 0.15) is 0 Å². The molecule has 7 heteroatoms. The van der Waals surface area contributed by atoms with Gasteiger partial charge >= 0.3 is 0 Å². The number of carbonyl (C=O) groups is 2. The molecule has 1 saturated heterocycles. The Morgan fingerprint density at radius 3 is 2.54 bits per heavy atom. The van der Waals surface area contributed by atoms with Crippen LogP contribution in [-0.2, 0) is 13.1 Å². The number of nitrogens with zero attached hydrogens (tertiary/aromatic N) is 4. The van der Waals surface area contributed by atoms with E-state index < -0.39 is 0 Å². The fourth-order valence-electron chi connectivity index (χ4n) is 4.60. The van der Waals surface area contributed by atoms with Crippen molar-refractivity contribution in [1.82, 2.24) is 25.0 Å². The highest BCUT2D eigenvalue weighted by Crippen LogP contribution is 2.25. The van der Waals surface area contributed by atoms with E-state index in [2.05, 4.69) is 10.4 Å². The number of nitrogens with one attached hydrogen (secondary N) is 1. The van der Waals surface area contributed by atoms with E-state index in [9.17, 15) is 9.59 Å². The molecule has 7 nitrogen and oxygen atoms in total. The van der Waals surface area contributed by atoms with Crippen molar-refractivity contribution >= 4 is 22.8 Å². The van der Waals surface area contributed by atoms with Gasteiger partial charge in [-0.2, -0.15) is 5.10 Å². The van der Waals surface area contributed by atoms with Crippen molar-refractivity contribution in [3.05, 3.63) is 83.6 Å². The minimum absolute atomic E-state index is 0.0631. The molecule has 2 aromatic heterocycles. The van der Waals surface area contributed by atoms with Crippen LogP contribution in [0.5, 0.6) is 0 Å². The molecule has 0 bridgehead atoms. The summed E-state index contributed by atoms with van der Waals surface area (Å²) in [6, 6.07) is 19.2. The summed E-state index contributed by atoms with van der Waals surface area (Å²) in [5.74, 6) is -0.133. The highest BCUT2D eigenvalue weighted by Gasteiger charge is 2.19. The lowest BCUT2D eigenvalue weighted by Crippen LogP contribution is -2.35. The third-order valence-electron chi connectivity index (χ3n) is 6.49. The van der Waals surface area contributed by atoms with Crippen LogP contribution in [0, 0.1) is 0 Å². The summed E-state index contributed by atoms with van der Waals surface area (Å²) in [7, 11) is 0. The smallest absolute Gasteiger partial charge is 0.253 e. The van der Waals surface area contributed by atoms with E-state index >= 15 is 0 Å². The number of pyridine rings is 1. The van der Waals surface area contributed by atoms with Crippen LogP contribution in [0.15, 0.2) is 66.9 Å². The summed E-state index contributed by atoms with van der Waals surface area (Å²) < 4.78 is 1.80. The minimum Gasteiger partial charge on any atom is -0.348 e.